The normalized spacial score (nSPS) is 10.4. The van der Waals surface area contributed by atoms with Gasteiger partial charge < -0.3 is 24.7 Å². The first kappa shape index (κ1) is 24.2. The van der Waals surface area contributed by atoms with Crippen molar-refractivity contribution in [2.75, 3.05) is 17.7 Å². The van der Waals surface area contributed by atoms with Crippen molar-refractivity contribution in [3.05, 3.63) is 103 Å². The summed E-state index contributed by atoms with van der Waals surface area (Å²) >= 11 is 0. The highest BCUT2D eigenvalue weighted by molar-refractivity contribution is 6.06. The predicted octanol–water partition coefficient (Wildman–Crippen LogP) is 4.39. The summed E-state index contributed by atoms with van der Waals surface area (Å²) in [6.45, 7) is 0.503. The Morgan fingerprint density at radius 2 is 1.72 bits per heavy atom. The molecule has 0 aliphatic heterocycles. The number of carbonyl (C=O) groups excluding carboxylic acids is 3. The molecule has 4 aromatic rings. The first-order valence-electron chi connectivity index (χ1n) is 11.1. The van der Waals surface area contributed by atoms with Crippen LogP contribution in [0, 0.1) is 0 Å². The van der Waals surface area contributed by atoms with E-state index in [0.29, 0.717) is 35.0 Å². The number of hydrogen-bond acceptors (Lipinski definition) is 6. The number of rotatable bonds is 9. The quantitative estimate of drug-likeness (QED) is 0.269. The van der Waals surface area contributed by atoms with Gasteiger partial charge in [0, 0.05) is 36.7 Å². The van der Waals surface area contributed by atoms with E-state index >= 15 is 0 Å². The topological polar surface area (TPSA) is 112 Å². The largest absolute Gasteiger partial charge is 0.496 e. The summed E-state index contributed by atoms with van der Waals surface area (Å²) in [5.41, 5.74) is 1.72. The number of carbonyl (C=O) groups is 3. The molecule has 1 aromatic heterocycles. The Hall–Kier alpha value is -4.92. The van der Waals surface area contributed by atoms with Gasteiger partial charge in [0.15, 0.2) is 0 Å². The Morgan fingerprint density at radius 1 is 0.917 bits per heavy atom. The van der Waals surface area contributed by atoms with Crippen LogP contribution in [0.1, 0.15) is 27.1 Å². The summed E-state index contributed by atoms with van der Waals surface area (Å²) in [6.07, 6.45) is 5.35. The van der Waals surface area contributed by atoms with Crippen molar-refractivity contribution in [3.8, 4) is 11.5 Å². The molecule has 2 N–H and O–H groups in total. The molecule has 0 spiro atoms. The minimum atomic E-state index is -0.574. The van der Waals surface area contributed by atoms with Crippen molar-refractivity contribution in [1.82, 2.24) is 9.55 Å². The number of aromatic nitrogens is 2. The summed E-state index contributed by atoms with van der Waals surface area (Å²) in [7, 11) is 1.50. The molecule has 0 saturated carbocycles. The highest BCUT2D eigenvalue weighted by Gasteiger charge is 2.13. The predicted molar refractivity (Wildman–Crippen MR) is 134 cm³/mol. The van der Waals surface area contributed by atoms with Crippen LogP contribution >= 0.6 is 0 Å². The van der Waals surface area contributed by atoms with E-state index in [2.05, 4.69) is 15.6 Å². The lowest BCUT2D eigenvalue weighted by Gasteiger charge is -2.10. The first-order chi connectivity index (χ1) is 17.5. The van der Waals surface area contributed by atoms with E-state index in [0.717, 1.165) is 0 Å². The molecule has 0 saturated heterocycles. The minimum absolute atomic E-state index is 0.181. The fourth-order valence-corrected chi connectivity index (χ4v) is 3.40. The van der Waals surface area contributed by atoms with Crippen LogP contribution in [0.25, 0.3) is 0 Å². The summed E-state index contributed by atoms with van der Waals surface area (Å²) < 4.78 is 12.5. The molecule has 182 valence electrons. The Morgan fingerprint density at radius 3 is 2.47 bits per heavy atom. The third kappa shape index (κ3) is 6.35. The Kier molecular flexibility index (Phi) is 7.72. The standard InChI is InChI=1S/C27H24N4O5/c1-35-24-8-3-2-7-23(24)26(33)30-20-9-11-22(12-10-20)36-27(34)19-5-4-6-21(17-19)29-25(32)13-15-31-16-14-28-18-31/h2-12,14,16-18H,13,15H2,1H3,(H,29,32)(H,30,33). The van der Waals surface area contributed by atoms with Crippen LogP contribution in [0.4, 0.5) is 11.4 Å². The number of benzene rings is 3. The highest BCUT2D eigenvalue weighted by Crippen LogP contribution is 2.22. The number of esters is 1. The zero-order chi connectivity index (χ0) is 25.3. The lowest BCUT2D eigenvalue weighted by atomic mass is 10.2. The van der Waals surface area contributed by atoms with Gasteiger partial charge in [-0.25, -0.2) is 9.78 Å². The van der Waals surface area contributed by atoms with Gasteiger partial charge >= 0.3 is 5.97 Å². The monoisotopic (exact) mass is 484 g/mol. The third-order valence-corrected chi connectivity index (χ3v) is 5.21. The Bertz CT molecular complexity index is 1350. The second-order valence-corrected chi connectivity index (χ2v) is 7.75. The summed E-state index contributed by atoms with van der Waals surface area (Å²) in [6, 6.07) is 19.9. The number of nitrogens with one attached hydrogen (secondary N) is 2. The van der Waals surface area contributed by atoms with E-state index < -0.39 is 5.97 Å². The van der Waals surface area contributed by atoms with Crippen LogP contribution in [0.3, 0.4) is 0 Å². The zero-order valence-electron chi connectivity index (χ0n) is 19.5. The number of methoxy groups -OCH3 is 1. The number of amides is 2. The van der Waals surface area contributed by atoms with E-state index in [4.69, 9.17) is 9.47 Å². The molecule has 9 nitrogen and oxygen atoms in total. The molecule has 2 amide bonds. The van der Waals surface area contributed by atoms with Crippen molar-refractivity contribution in [1.29, 1.82) is 0 Å². The fourth-order valence-electron chi connectivity index (χ4n) is 3.40. The van der Waals surface area contributed by atoms with Crippen LogP contribution in [-0.2, 0) is 11.3 Å². The van der Waals surface area contributed by atoms with Gasteiger partial charge in [-0.2, -0.15) is 0 Å². The average molecular weight is 485 g/mol. The third-order valence-electron chi connectivity index (χ3n) is 5.21. The maximum atomic E-state index is 12.6. The van der Waals surface area contributed by atoms with E-state index in [1.165, 1.54) is 7.11 Å². The van der Waals surface area contributed by atoms with Crippen LogP contribution < -0.4 is 20.1 Å². The Balaban J connectivity index is 1.33. The maximum Gasteiger partial charge on any atom is 0.343 e. The second-order valence-electron chi connectivity index (χ2n) is 7.75. The Labute approximate surface area is 207 Å². The van der Waals surface area contributed by atoms with Crippen molar-refractivity contribution >= 4 is 29.2 Å². The number of anilines is 2. The van der Waals surface area contributed by atoms with Gasteiger partial charge in [0.2, 0.25) is 5.91 Å². The number of hydrogen-bond donors (Lipinski definition) is 2. The lowest BCUT2D eigenvalue weighted by molar-refractivity contribution is -0.116. The van der Waals surface area contributed by atoms with E-state index in [9.17, 15) is 14.4 Å². The smallest absolute Gasteiger partial charge is 0.343 e. The van der Waals surface area contributed by atoms with E-state index in [1.807, 2.05) is 4.57 Å². The van der Waals surface area contributed by atoms with Gasteiger partial charge in [0.1, 0.15) is 11.5 Å². The summed E-state index contributed by atoms with van der Waals surface area (Å²) in [4.78, 5) is 41.3. The maximum absolute atomic E-state index is 12.6. The molecule has 0 bridgehead atoms. The van der Waals surface area contributed by atoms with E-state index in [1.54, 1.807) is 91.5 Å². The summed E-state index contributed by atoms with van der Waals surface area (Å²) in [5.74, 6) is -0.293. The first-order valence-corrected chi connectivity index (χ1v) is 11.1. The lowest BCUT2D eigenvalue weighted by Crippen LogP contribution is -2.15. The summed E-state index contributed by atoms with van der Waals surface area (Å²) in [5, 5.41) is 5.57. The molecule has 36 heavy (non-hydrogen) atoms. The molecule has 9 heteroatoms. The van der Waals surface area contributed by atoms with Gasteiger partial charge in [0.05, 0.1) is 24.6 Å². The van der Waals surface area contributed by atoms with Gasteiger partial charge in [-0.05, 0) is 54.6 Å². The fraction of sp³-hybridized carbons (Fsp3) is 0.111. The van der Waals surface area contributed by atoms with Gasteiger partial charge in [-0.15, -0.1) is 0 Å². The number of imidazole rings is 1. The SMILES string of the molecule is COc1ccccc1C(=O)Nc1ccc(OC(=O)c2cccc(NC(=O)CCn3ccnc3)c2)cc1. The molecular weight excluding hydrogens is 460 g/mol. The van der Waals surface area contributed by atoms with Crippen LogP contribution in [-0.4, -0.2) is 34.4 Å². The molecule has 1 heterocycles. The number of aryl methyl sites for hydroxylation is 1. The number of ether oxygens (including phenoxy) is 2. The zero-order valence-corrected chi connectivity index (χ0v) is 19.5. The van der Waals surface area contributed by atoms with Gasteiger partial charge in [0.25, 0.3) is 5.91 Å². The molecule has 0 aliphatic rings. The second kappa shape index (κ2) is 11.5. The molecule has 0 atom stereocenters. The van der Waals surface area contributed by atoms with Crippen LogP contribution in [0.2, 0.25) is 0 Å². The average Bonchev–Trinajstić information content (AvgIpc) is 3.42. The molecule has 0 aliphatic carbocycles. The van der Waals surface area contributed by atoms with Crippen molar-refractivity contribution in [3.63, 3.8) is 0 Å². The molecule has 0 radical (unpaired) electrons. The highest BCUT2D eigenvalue weighted by atomic mass is 16.5. The molecular formula is C27H24N4O5. The van der Waals surface area contributed by atoms with Crippen molar-refractivity contribution < 1.29 is 23.9 Å². The van der Waals surface area contributed by atoms with Crippen LogP contribution in [0.5, 0.6) is 11.5 Å². The molecule has 4 rings (SSSR count). The van der Waals surface area contributed by atoms with Gasteiger partial charge in [-0.1, -0.05) is 18.2 Å². The molecule has 0 fully saturated rings. The molecule has 3 aromatic carbocycles. The number of nitrogens with zero attached hydrogens (tertiary/aromatic N) is 2. The molecule has 0 unspecified atom stereocenters. The van der Waals surface area contributed by atoms with Gasteiger partial charge in [-0.3, -0.25) is 9.59 Å². The van der Waals surface area contributed by atoms with Crippen molar-refractivity contribution in [2.45, 2.75) is 13.0 Å². The minimum Gasteiger partial charge on any atom is -0.496 e. The van der Waals surface area contributed by atoms with E-state index in [-0.39, 0.29) is 23.8 Å². The number of para-hydroxylation sites is 1. The van der Waals surface area contributed by atoms with Crippen LogP contribution in [0.15, 0.2) is 91.5 Å². The van der Waals surface area contributed by atoms with Crippen molar-refractivity contribution in [2.24, 2.45) is 0 Å².